The lowest BCUT2D eigenvalue weighted by Crippen LogP contribution is -2.11. The maximum absolute atomic E-state index is 12.7. The Bertz CT molecular complexity index is 1330. The Labute approximate surface area is 177 Å². The minimum absolute atomic E-state index is 0.321. The zero-order valence-corrected chi connectivity index (χ0v) is 17.2. The topological polar surface area (TPSA) is 68.9 Å². The first-order valence-corrected chi connectivity index (χ1v) is 9.70. The smallest absolute Gasteiger partial charge is 0.340 e. The van der Waals surface area contributed by atoms with Crippen molar-refractivity contribution in [1.82, 2.24) is 0 Å². The van der Waals surface area contributed by atoms with Gasteiger partial charge in [-0.2, -0.15) is 0 Å². The summed E-state index contributed by atoms with van der Waals surface area (Å²) in [5.41, 5.74) is 4.12. The van der Waals surface area contributed by atoms with Crippen molar-refractivity contribution in [3.63, 3.8) is 0 Å². The highest BCUT2D eigenvalue weighted by molar-refractivity contribution is 6.34. The number of benzene rings is 3. The van der Waals surface area contributed by atoms with Crippen molar-refractivity contribution in [1.29, 1.82) is 0 Å². The van der Waals surface area contributed by atoms with Crippen LogP contribution in [-0.2, 0) is 6.42 Å². The molecule has 0 amide bonds. The van der Waals surface area contributed by atoms with Gasteiger partial charge in [-0.25, -0.2) is 4.79 Å². The molecule has 4 aromatic rings. The van der Waals surface area contributed by atoms with Crippen LogP contribution in [0.5, 0.6) is 5.75 Å². The summed E-state index contributed by atoms with van der Waals surface area (Å²) in [5, 5.41) is 4.27. The van der Waals surface area contributed by atoms with E-state index in [1.807, 2.05) is 43.3 Å². The Morgan fingerprint density at radius 1 is 1.07 bits per heavy atom. The molecule has 30 heavy (non-hydrogen) atoms. The number of hydrogen-bond acceptors (Lipinski definition) is 5. The summed E-state index contributed by atoms with van der Waals surface area (Å²) >= 11 is 6.59. The van der Waals surface area contributed by atoms with Crippen LogP contribution >= 0.6 is 11.6 Å². The van der Waals surface area contributed by atoms with Gasteiger partial charge in [-0.3, -0.25) is 0 Å². The molecular formula is C24H18ClNO4. The number of methoxy groups -OCH3 is 1. The molecule has 0 fully saturated rings. The molecule has 0 saturated heterocycles. The molecule has 0 atom stereocenters. The summed E-state index contributed by atoms with van der Waals surface area (Å²) in [4.78, 5) is 23.5. The molecule has 5 nitrogen and oxygen atoms in total. The van der Waals surface area contributed by atoms with Crippen LogP contribution < -0.4 is 10.4 Å². The third-order valence-electron chi connectivity index (χ3n) is 5.15. The molecule has 0 aliphatic heterocycles. The number of halogens is 1. The van der Waals surface area contributed by atoms with Crippen LogP contribution in [0.3, 0.4) is 0 Å². The number of rotatable bonds is 5. The fourth-order valence-corrected chi connectivity index (χ4v) is 3.82. The molecule has 3 aromatic carbocycles. The number of hydrogen-bond donors (Lipinski definition) is 0. The number of fused-ring (bicyclic) bond motifs is 1. The first-order chi connectivity index (χ1) is 14.5. The van der Waals surface area contributed by atoms with E-state index in [2.05, 4.69) is 5.18 Å². The number of ether oxygens (including phenoxy) is 1. The van der Waals surface area contributed by atoms with E-state index in [0.717, 1.165) is 27.6 Å². The van der Waals surface area contributed by atoms with E-state index in [0.29, 0.717) is 34.0 Å². The van der Waals surface area contributed by atoms with E-state index in [-0.39, 0.29) is 0 Å². The van der Waals surface area contributed by atoms with E-state index in [1.165, 1.54) is 0 Å². The van der Waals surface area contributed by atoms with E-state index in [1.54, 1.807) is 31.4 Å². The van der Waals surface area contributed by atoms with E-state index < -0.39 is 5.63 Å². The largest absolute Gasteiger partial charge is 0.497 e. The number of aryl methyl sites for hydroxylation is 1. The van der Waals surface area contributed by atoms with Crippen molar-refractivity contribution in [3.8, 4) is 16.9 Å². The second-order valence-corrected chi connectivity index (χ2v) is 7.40. The van der Waals surface area contributed by atoms with Crippen LogP contribution in [0.2, 0.25) is 5.02 Å². The maximum Gasteiger partial charge on any atom is 0.340 e. The third kappa shape index (κ3) is 3.72. The molecule has 150 valence electrons. The normalized spacial score (nSPS) is 10.9. The van der Waals surface area contributed by atoms with Gasteiger partial charge in [0.25, 0.3) is 0 Å². The van der Waals surface area contributed by atoms with Gasteiger partial charge in [0, 0.05) is 28.0 Å². The predicted octanol–water partition coefficient (Wildman–Crippen LogP) is 6.42. The van der Waals surface area contributed by atoms with Gasteiger partial charge in [-0.1, -0.05) is 35.9 Å². The van der Waals surface area contributed by atoms with Crippen LogP contribution in [0.1, 0.15) is 16.7 Å². The third-order valence-corrected chi connectivity index (χ3v) is 5.47. The second kappa shape index (κ2) is 8.13. The molecule has 6 heteroatoms. The Kier molecular flexibility index (Phi) is 5.38. The molecule has 0 aliphatic carbocycles. The van der Waals surface area contributed by atoms with Crippen LogP contribution in [0, 0.1) is 11.8 Å². The van der Waals surface area contributed by atoms with Gasteiger partial charge in [-0.05, 0) is 65.2 Å². The minimum Gasteiger partial charge on any atom is -0.497 e. The Hall–Kier alpha value is -3.44. The highest BCUT2D eigenvalue weighted by atomic mass is 35.5. The average molecular weight is 420 g/mol. The van der Waals surface area contributed by atoms with Crippen LogP contribution in [-0.4, -0.2) is 7.11 Å². The number of nitrogens with zero attached hydrogens (tertiary/aromatic N) is 1. The summed E-state index contributed by atoms with van der Waals surface area (Å²) in [5.74, 6) is 0.712. The fourth-order valence-electron chi connectivity index (χ4n) is 3.55. The SMILES string of the molecule is COc1cccc(-c2cc3oc(=O)c(Cc4cccc(N=O)c4)c(C)c3cc2Cl)c1. The van der Waals surface area contributed by atoms with Crippen molar-refractivity contribution in [2.75, 3.05) is 7.11 Å². The lowest BCUT2D eigenvalue weighted by atomic mass is 9.97. The predicted molar refractivity (Wildman–Crippen MR) is 119 cm³/mol. The quantitative estimate of drug-likeness (QED) is 0.276. The average Bonchev–Trinajstić information content (AvgIpc) is 2.77. The van der Waals surface area contributed by atoms with E-state index >= 15 is 0 Å². The second-order valence-electron chi connectivity index (χ2n) is 6.99. The molecule has 0 saturated carbocycles. The standard InChI is InChI=1S/C24H18ClNO4/c1-14-19-12-22(25)21(16-6-4-8-18(11-16)29-2)13-23(19)30-24(27)20(14)10-15-5-3-7-17(9-15)26-28/h3-9,11-13H,10H2,1-2H3. The van der Waals surface area contributed by atoms with Crippen molar-refractivity contribution in [2.24, 2.45) is 5.18 Å². The van der Waals surface area contributed by atoms with Crippen molar-refractivity contribution < 1.29 is 9.15 Å². The van der Waals surface area contributed by atoms with Gasteiger partial charge < -0.3 is 9.15 Å². The first kappa shape index (κ1) is 19.9. The Morgan fingerprint density at radius 3 is 2.63 bits per heavy atom. The molecule has 0 bridgehead atoms. The van der Waals surface area contributed by atoms with Gasteiger partial charge in [-0.15, -0.1) is 4.91 Å². The van der Waals surface area contributed by atoms with Crippen molar-refractivity contribution in [2.45, 2.75) is 13.3 Å². The van der Waals surface area contributed by atoms with Crippen molar-refractivity contribution >= 4 is 28.3 Å². The molecular weight excluding hydrogens is 402 g/mol. The van der Waals surface area contributed by atoms with Gasteiger partial charge in [0.15, 0.2) is 0 Å². The molecule has 1 heterocycles. The summed E-state index contributed by atoms with van der Waals surface area (Å²) in [6, 6.07) is 18.0. The van der Waals surface area contributed by atoms with Gasteiger partial charge in [0.2, 0.25) is 0 Å². The molecule has 0 radical (unpaired) electrons. The van der Waals surface area contributed by atoms with Crippen LogP contribution in [0.25, 0.3) is 22.1 Å². The maximum atomic E-state index is 12.7. The summed E-state index contributed by atoms with van der Waals surface area (Å²) in [6.07, 6.45) is 0.336. The van der Waals surface area contributed by atoms with Gasteiger partial charge in [0.05, 0.1) is 7.11 Å². The summed E-state index contributed by atoms with van der Waals surface area (Å²) in [6.45, 7) is 1.87. The molecule has 4 rings (SSSR count). The highest BCUT2D eigenvalue weighted by Crippen LogP contribution is 2.35. The molecule has 1 aromatic heterocycles. The van der Waals surface area contributed by atoms with Crippen LogP contribution in [0.15, 0.2) is 75.1 Å². The van der Waals surface area contributed by atoms with Gasteiger partial charge in [0.1, 0.15) is 17.0 Å². The highest BCUT2D eigenvalue weighted by Gasteiger charge is 2.15. The van der Waals surface area contributed by atoms with E-state index in [9.17, 15) is 9.70 Å². The Balaban J connectivity index is 1.82. The lowest BCUT2D eigenvalue weighted by molar-refractivity contribution is 0.415. The summed E-state index contributed by atoms with van der Waals surface area (Å²) in [7, 11) is 1.60. The summed E-state index contributed by atoms with van der Waals surface area (Å²) < 4.78 is 10.9. The van der Waals surface area contributed by atoms with E-state index in [4.69, 9.17) is 20.8 Å². The first-order valence-electron chi connectivity index (χ1n) is 9.32. The molecule has 0 N–H and O–H groups in total. The number of nitroso groups, excluding NO2 is 1. The minimum atomic E-state index is -0.414. The fraction of sp³-hybridized carbons (Fsp3) is 0.125. The molecule has 0 unspecified atom stereocenters. The lowest BCUT2D eigenvalue weighted by Gasteiger charge is -2.12. The van der Waals surface area contributed by atoms with Crippen LogP contribution in [0.4, 0.5) is 5.69 Å². The zero-order valence-electron chi connectivity index (χ0n) is 16.4. The monoisotopic (exact) mass is 419 g/mol. The molecule has 0 spiro atoms. The zero-order chi connectivity index (χ0) is 21.3. The van der Waals surface area contributed by atoms with Crippen molar-refractivity contribution in [3.05, 3.63) is 97.7 Å². The Morgan fingerprint density at radius 2 is 1.87 bits per heavy atom. The molecule has 0 aliphatic rings. The van der Waals surface area contributed by atoms with Gasteiger partial charge >= 0.3 is 5.63 Å².